The minimum absolute atomic E-state index is 0.187. The van der Waals surface area contributed by atoms with Gasteiger partial charge in [-0.1, -0.05) is 12.1 Å². The van der Waals surface area contributed by atoms with Gasteiger partial charge in [0, 0.05) is 6.04 Å². The minimum Gasteiger partial charge on any atom is -0.435 e. The molecule has 2 unspecified atom stereocenters. The molecule has 0 heterocycles. The van der Waals surface area contributed by atoms with Crippen LogP contribution in [0, 0.1) is 0 Å². The Morgan fingerprint density at radius 2 is 1.80 bits per heavy atom. The predicted molar refractivity (Wildman–Crippen MR) is 75.2 cm³/mol. The summed E-state index contributed by atoms with van der Waals surface area (Å²) < 4.78 is 28.3. The quantitative estimate of drug-likeness (QED) is 0.733. The van der Waals surface area contributed by atoms with E-state index < -0.39 is 6.61 Å². The van der Waals surface area contributed by atoms with Crippen LogP contribution in [0.25, 0.3) is 0 Å². The van der Waals surface area contributed by atoms with E-state index in [1.54, 1.807) is 31.2 Å². The van der Waals surface area contributed by atoms with Gasteiger partial charge < -0.3 is 15.2 Å². The Morgan fingerprint density at radius 1 is 1.15 bits per heavy atom. The summed E-state index contributed by atoms with van der Waals surface area (Å²) in [5.41, 5.74) is 1.09. The first-order valence-corrected chi connectivity index (χ1v) is 6.92. The second-order valence-electron chi connectivity index (χ2n) is 5.05. The lowest BCUT2D eigenvalue weighted by atomic mass is 10.1. The smallest absolute Gasteiger partial charge is 0.387 e. The van der Waals surface area contributed by atoms with Gasteiger partial charge in [-0.25, -0.2) is 0 Å². The van der Waals surface area contributed by atoms with Crippen LogP contribution in [0.5, 0.6) is 5.75 Å². The molecular weight excluding hydrogens is 264 g/mol. The molecule has 0 radical (unpaired) electrons. The first-order valence-electron chi connectivity index (χ1n) is 6.92. The van der Waals surface area contributed by atoms with Gasteiger partial charge in [0.05, 0.1) is 6.10 Å². The fourth-order valence-corrected chi connectivity index (χ4v) is 1.86. The van der Waals surface area contributed by atoms with Gasteiger partial charge in [0.1, 0.15) is 5.75 Å². The number of ether oxygens (including phenoxy) is 1. The topological polar surface area (TPSA) is 41.5 Å². The Morgan fingerprint density at radius 3 is 2.35 bits per heavy atom. The second-order valence-corrected chi connectivity index (χ2v) is 5.05. The van der Waals surface area contributed by atoms with Gasteiger partial charge in [0.2, 0.25) is 0 Å². The molecule has 0 saturated heterocycles. The van der Waals surface area contributed by atoms with E-state index in [1.807, 2.05) is 0 Å². The van der Waals surface area contributed by atoms with Gasteiger partial charge in [-0.15, -0.1) is 0 Å². The van der Waals surface area contributed by atoms with Crippen molar-refractivity contribution in [3.63, 3.8) is 0 Å². The molecular formula is C15H23F2NO2. The second kappa shape index (κ2) is 8.87. The van der Waals surface area contributed by atoms with Gasteiger partial charge in [-0.2, -0.15) is 8.78 Å². The van der Waals surface area contributed by atoms with Crippen LogP contribution in [-0.4, -0.2) is 30.4 Å². The molecule has 2 N–H and O–H groups in total. The molecule has 0 aliphatic carbocycles. The zero-order chi connectivity index (χ0) is 15.0. The SMILES string of the molecule is CC(O)CCNC(C)CCc1ccc(OC(F)F)cc1. The highest BCUT2D eigenvalue weighted by Gasteiger charge is 2.05. The summed E-state index contributed by atoms with van der Waals surface area (Å²) in [5, 5.41) is 12.5. The van der Waals surface area contributed by atoms with Crippen LogP contribution >= 0.6 is 0 Å². The highest BCUT2D eigenvalue weighted by molar-refractivity contribution is 5.27. The van der Waals surface area contributed by atoms with E-state index in [1.165, 1.54) is 0 Å². The number of halogens is 2. The van der Waals surface area contributed by atoms with Crippen molar-refractivity contribution < 1.29 is 18.6 Å². The summed E-state index contributed by atoms with van der Waals surface area (Å²) in [5.74, 6) is 0.187. The summed E-state index contributed by atoms with van der Waals surface area (Å²) in [4.78, 5) is 0. The van der Waals surface area contributed by atoms with Crippen LogP contribution in [0.3, 0.4) is 0 Å². The Kier molecular flexibility index (Phi) is 7.47. The molecule has 0 fully saturated rings. The Labute approximate surface area is 119 Å². The number of hydrogen-bond acceptors (Lipinski definition) is 3. The standard InChI is InChI=1S/C15H23F2NO2/c1-11(18-10-9-12(2)19)3-4-13-5-7-14(8-6-13)20-15(16)17/h5-8,11-12,15,18-19H,3-4,9-10H2,1-2H3. The lowest BCUT2D eigenvalue weighted by Gasteiger charge is -2.14. The minimum atomic E-state index is -2.78. The number of hydrogen-bond donors (Lipinski definition) is 2. The average molecular weight is 287 g/mol. The van der Waals surface area contributed by atoms with E-state index in [0.717, 1.165) is 31.4 Å². The number of nitrogens with one attached hydrogen (secondary N) is 1. The lowest BCUT2D eigenvalue weighted by molar-refractivity contribution is -0.0498. The Hall–Kier alpha value is -1.20. The van der Waals surface area contributed by atoms with Crippen LogP contribution in [0.1, 0.15) is 32.3 Å². The molecule has 1 rings (SSSR count). The normalized spacial score (nSPS) is 14.3. The first kappa shape index (κ1) is 16.9. The molecule has 1 aromatic rings. The molecule has 3 nitrogen and oxygen atoms in total. The van der Waals surface area contributed by atoms with Crippen molar-refractivity contribution in [2.45, 2.75) is 51.9 Å². The van der Waals surface area contributed by atoms with E-state index >= 15 is 0 Å². The van der Waals surface area contributed by atoms with Crippen LogP contribution < -0.4 is 10.1 Å². The molecule has 0 bridgehead atoms. The average Bonchev–Trinajstić information content (AvgIpc) is 2.37. The fraction of sp³-hybridized carbons (Fsp3) is 0.600. The zero-order valence-corrected chi connectivity index (χ0v) is 12.0. The zero-order valence-electron chi connectivity index (χ0n) is 12.0. The van der Waals surface area contributed by atoms with Crippen molar-refractivity contribution in [3.8, 4) is 5.75 Å². The molecule has 5 heteroatoms. The molecule has 0 amide bonds. The van der Waals surface area contributed by atoms with Crippen molar-refractivity contribution in [2.75, 3.05) is 6.54 Å². The summed E-state index contributed by atoms with van der Waals surface area (Å²) in [6.45, 7) is 1.88. The van der Waals surface area contributed by atoms with Crippen molar-refractivity contribution in [1.82, 2.24) is 5.32 Å². The molecule has 20 heavy (non-hydrogen) atoms. The summed E-state index contributed by atoms with van der Waals surface area (Å²) >= 11 is 0. The fourth-order valence-electron chi connectivity index (χ4n) is 1.86. The summed E-state index contributed by atoms with van der Waals surface area (Å²) in [7, 11) is 0. The van der Waals surface area contributed by atoms with E-state index in [0.29, 0.717) is 6.04 Å². The number of alkyl halides is 2. The Bertz CT molecular complexity index is 369. The third-order valence-corrected chi connectivity index (χ3v) is 3.07. The van der Waals surface area contributed by atoms with Crippen molar-refractivity contribution >= 4 is 0 Å². The van der Waals surface area contributed by atoms with Gasteiger partial charge in [0.15, 0.2) is 0 Å². The van der Waals surface area contributed by atoms with Gasteiger partial charge >= 0.3 is 6.61 Å². The molecule has 0 aliphatic rings. The number of aryl methyl sites for hydroxylation is 1. The molecule has 0 saturated carbocycles. The monoisotopic (exact) mass is 287 g/mol. The molecule has 114 valence electrons. The molecule has 2 atom stereocenters. The first-order chi connectivity index (χ1) is 9.47. The number of rotatable bonds is 9. The van der Waals surface area contributed by atoms with Crippen molar-refractivity contribution in [2.24, 2.45) is 0 Å². The third kappa shape index (κ3) is 7.40. The Balaban J connectivity index is 2.27. The van der Waals surface area contributed by atoms with E-state index in [-0.39, 0.29) is 11.9 Å². The highest BCUT2D eigenvalue weighted by atomic mass is 19.3. The van der Waals surface area contributed by atoms with Crippen molar-refractivity contribution in [3.05, 3.63) is 29.8 Å². The maximum Gasteiger partial charge on any atom is 0.387 e. The van der Waals surface area contributed by atoms with Crippen LogP contribution in [0.2, 0.25) is 0 Å². The van der Waals surface area contributed by atoms with Gasteiger partial charge in [-0.05, 0) is 57.4 Å². The van der Waals surface area contributed by atoms with Gasteiger partial charge in [-0.3, -0.25) is 0 Å². The summed E-state index contributed by atoms with van der Waals surface area (Å²) in [6.07, 6.45) is 2.29. The van der Waals surface area contributed by atoms with Gasteiger partial charge in [0.25, 0.3) is 0 Å². The molecule has 1 aromatic carbocycles. The maximum absolute atomic E-state index is 12.0. The van der Waals surface area contributed by atoms with E-state index in [2.05, 4.69) is 17.0 Å². The van der Waals surface area contributed by atoms with Crippen LogP contribution in [0.15, 0.2) is 24.3 Å². The van der Waals surface area contributed by atoms with E-state index in [9.17, 15) is 8.78 Å². The number of aliphatic hydroxyl groups is 1. The number of benzene rings is 1. The molecule has 0 aromatic heterocycles. The largest absolute Gasteiger partial charge is 0.435 e. The lowest BCUT2D eigenvalue weighted by Crippen LogP contribution is -2.29. The maximum atomic E-state index is 12.0. The number of aliphatic hydroxyl groups excluding tert-OH is 1. The highest BCUT2D eigenvalue weighted by Crippen LogP contribution is 2.16. The van der Waals surface area contributed by atoms with E-state index in [4.69, 9.17) is 5.11 Å². The van der Waals surface area contributed by atoms with Crippen LogP contribution in [-0.2, 0) is 6.42 Å². The molecule has 0 spiro atoms. The van der Waals surface area contributed by atoms with Crippen LogP contribution in [0.4, 0.5) is 8.78 Å². The predicted octanol–water partition coefficient (Wildman–Crippen LogP) is 2.97. The third-order valence-electron chi connectivity index (χ3n) is 3.07. The summed E-state index contributed by atoms with van der Waals surface area (Å²) in [6, 6.07) is 7.09. The van der Waals surface area contributed by atoms with Crippen molar-refractivity contribution in [1.29, 1.82) is 0 Å². The molecule has 0 aliphatic heterocycles.